The standard InChI is InChI=1S/C19H26N4O2/c1-15(13-22-10-6-7-11-22)12-20-19(24)18-17(25-2)14-23(21-18)16-8-4-3-5-9-16/h3-5,8-9,14-15H,6-7,10-13H2,1-2H3,(H,20,24)/t15-/m1/s1. The summed E-state index contributed by atoms with van der Waals surface area (Å²) in [6.07, 6.45) is 4.30. The van der Waals surface area contributed by atoms with E-state index in [1.54, 1.807) is 18.0 Å². The Labute approximate surface area is 148 Å². The highest BCUT2D eigenvalue weighted by Crippen LogP contribution is 2.19. The van der Waals surface area contributed by atoms with Crippen LogP contribution in [0.3, 0.4) is 0 Å². The molecule has 1 aromatic heterocycles. The predicted octanol–water partition coefficient (Wildman–Crippen LogP) is 2.34. The summed E-state index contributed by atoms with van der Waals surface area (Å²) >= 11 is 0. The largest absolute Gasteiger partial charge is 0.493 e. The van der Waals surface area contributed by atoms with Crippen molar-refractivity contribution >= 4 is 5.91 Å². The van der Waals surface area contributed by atoms with Crippen molar-refractivity contribution in [1.82, 2.24) is 20.0 Å². The average Bonchev–Trinajstić information content (AvgIpc) is 3.30. The highest BCUT2D eigenvalue weighted by Gasteiger charge is 2.20. The second kappa shape index (κ2) is 8.16. The Morgan fingerprint density at radius 2 is 2.00 bits per heavy atom. The third kappa shape index (κ3) is 4.39. The molecule has 0 unspecified atom stereocenters. The van der Waals surface area contributed by atoms with Gasteiger partial charge in [-0.05, 0) is 44.0 Å². The summed E-state index contributed by atoms with van der Waals surface area (Å²) in [5, 5.41) is 7.39. The lowest BCUT2D eigenvalue weighted by molar-refractivity contribution is 0.0936. The molecule has 134 valence electrons. The fourth-order valence-electron chi connectivity index (χ4n) is 3.20. The zero-order valence-corrected chi connectivity index (χ0v) is 14.9. The predicted molar refractivity (Wildman–Crippen MR) is 97.3 cm³/mol. The number of ether oxygens (including phenoxy) is 1. The molecule has 1 N–H and O–H groups in total. The molecular weight excluding hydrogens is 316 g/mol. The van der Waals surface area contributed by atoms with Crippen molar-refractivity contribution in [2.45, 2.75) is 19.8 Å². The first-order valence-corrected chi connectivity index (χ1v) is 8.87. The first-order chi connectivity index (χ1) is 12.2. The fraction of sp³-hybridized carbons (Fsp3) is 0.474. The Morgan fingerprint density at radius 1 is 1.28 bits per heavy atom. The lowest BCUT2D eigenvalue weighted by atomic mass is 10.1. The molecule has 2 heterocycles. The first-order valence-electron chi connectivity index (χ1n) is 8.87. The zero-order valence-electron chi connectivity index (χ0n) is 14.9. The van der Waals surface area contributed by atoms with Crippen LogP contribution in [-0.4, -0.2) is 53.9 Å². The van der Waals surface area contributed by atoms with Crippen LogP contribution in [0.4, 0.5) is 0 Å². The molecule has 0 aliphatic carbocycles. The number of hydrogen-bond acceptors (Lipinski definition) is 4. The molecule has 0 radical (unpaired) electrons. The summed E-state index contributed by atoms with van der Waals surface area (Å²) < 4.78 is 7.00. The Bertz CT molecular complexity index is 693. The molecule has 6 nitrogen and oxygen atoms in total. The van der Waals surface area contributed by atoms with Gasteiger partial charge in [0.05, 0.1) is 19.0 Å². The van der Waals surface area contributed by atoms with E-state index in [2.05, 4.69) is 22.2 Å². The van der Waals surface area contributed by atoms with E-state index < -0.39 is 0 Å². The third-order valence-corrected chi connectivity index (χ3v) is 4.52. The number of carbonyl (C=O) groups is 1. The van der Waals surface area contributed by atoms with Gasteiger partial charge in [0.1, 0.15) is 0 Å². The van der Waals surface area contributed by atoms with Crippen LogP contribution in [-0.2, 0) is 0 Å². The Balaban J connectivity index is 1.62. The maximum absolute atomic E-state index is 12.5. The minimum Gasteiger partial charge on any atom is -0.493 e. The van der Waals surface area contributed by atoms with Gasteiger partial charge in [-0.2, -0.15) is 5.10 Å². The van der Waals surface area contributed by atoms with E-state index >= 15 is 0 Å². The van der Waals surface area contributed by atoms with E-state index in [0.717, 1.165) is 12.2 Å². The third-order valence-electron chi connectivity index (χ3n) is 4.52. The number of likely N-dealkylation sites (tertiary alicyclic amines) is 1. The second-order valence-electron chi connectivity index (χ2n) is 6.65. The molecule has 0 saturated carbocycles. The maximum Gasteiger partial charge on any atom is 0.275 e. The number of aromatic nitrogens is 2. The van der Waals surface area contributed by atoms with Crippen molar-refractivity contribution in [2.24, 2.45) is 5.92 Å². The van der Waals surface area contributed by atoms with Crippen molar-refractivity contribution in [3.63, 3.8) is 0 Å². The number of benzene rings is 1. The van der Waals surface area contributed by atoms with Crippen molar-refractivity contribution < 1.29 is 9.53 Å². The smallest absolute Gasteiger partial charge is 0.275 e. The molecule has 6 heteroatoms. The van der Waals surface area contributed by atoms with Gasteiger partial charge in [-0.15, -0.1) is 0 Å². The van der Waals surface area contributed by atoms with Crippen molar-refractivity contribution in [3.05, 3.63) is 42.2 Å². The van der Waals surface area contributed by atoms with Crippen molar-refractivity contribution in [2.75, 3.05) is 33.3 Å². The molecule has 3 rings (SSSR count). The SMILES string of the molecule is COc1cn(-c2ccccc2)nc1C(=O)NC[C@@H](C)CN1CCCC1. The monoisotopic (exact) mass is 342 g/mol. The van der Waals surface area contributed by atoms with Crippen LogP contribution in [0.15, 0.2) is 36.5 Å². The van der Waals surface area contributed by atoms with Crippen LogP contribution < -0.4 is 10.1 Å². The minimum atomic E-state index is -0.195. The molecular formula is C19H26N4O2. The Morgan fingerprint density at radius 3 is 2.68 bits per heavy atom. The summed E-state index contributed by atoms with van der Waals surface area (Å²) in [6, 6.07) is 9.69. The van der Waals surface area contributed by atoms with Crippen LogP contribution in [0, 0.1) is 5.92 Å². The zero-order chi connectivity index (χ0) is 17.6. The Kier molecular flexibility index (Phi) is 5.71. The first kappa shape index (κ1) is 17.5. The Hall–Kier alpha value is -2.34. The van der Waals surface area contributed by atoms with E-state index in [1.807, 2.05) is 30.3 Å². The lowest BCUT2D eigenvalue weighted by Crippen LogP contribution is -2.34. The second-order valence-corrected chi connectivity index (χ2v) is 6.65. The van der Waals surface area contributed by atoms with Gasteiger partial charge in [0.15, 0.2) is 11.4 Å². The van der Waals surface area contributed by atoms with Gasteiger partial charge < -0.3 is 15.0 Å². The fourth-order valence-corrected chi connectivity index (χ4v) is 3.20. The van der Waals surface area contributed by atoms with Crippen LogP contribution in [0.2, 0.25) is 0 Å². The summed E-state index contributed by atoms with van der Waals surface area (Å²) in [6.45, 7) is 6.17. The normalized spacial score (nSPS) is 15.9. The van der Waals surface area contributed by atoms with Gasteiger partial charge in [-0.25, -0.2) is 4.68 Å². The van der Waals surface area contributed by atoms with Crippen LogP contribution in [0.1, 0.15) is 30.3 Å². The van der Waals surface area contributed by atoms with E-state index in [4.69, 9.17) is 4.74 Å². The van der Waals surface area contributed by atoms with Gasteiger partial charge >= 0.3 is 0 Å². The highest BCUT2D eigenvalue weighted by molar-refractivity contribution is 5.94. The van der Waals surface area contributed by atoms with Crippen molar-refractivity contribution in [3.8, 4) is 11.4 Å². The van der Waals surface area contributed by atoms with Gasteiger partial charge in [0.25, 0.3) is 5.91 Å². The molecule has 0 spiro atoms. The minimum absolute atomic E-state index is 0.195. The van der Waals surface area contributed by atoms with E-state index in [0.29, 0.717) is 23.9 Å². The van der Waals surface area contributed by atoms with Gasteiger partial charge in [0.2, 0.25) is 0 Å². The number of rotatable bonds is 7. The van der Waals surface area contributed by atoms with Crippen LogP contribution in [0.25, 0.3) is 5.69 Å². The number of carbonyl (C=O) groups excluding carboxylic acids is 1. The number of nitrogens with one attached hydrogen (secondary N) is 1. The summed E-state index contributed by atoms with van der Waals surface area (Å²) in [7, 11) is 1.55. The van der Waals surface area contributed by atoms with Gasteiger partial charge in [-0.1, -0.05) is 25.1 Å². The molecule has 1 fully saturated rings. The molecule has 1 atom stereocenters. The number of nitrogens with zero attached hydrogens (tertiary/aromatic N) is 3. The number of methoxy groups -OCH3 is 1. The van der Waals surface area contributed by atoms with E-state index in [1.165, 1.54) is 25.9 Å². The molecule has 0 bridgehead atoms. The molecule has 1 aliphatic rings. The van der Waals surface area contributed by atoms with E-state index in [-0.39, 0.29) is 5.91 Å². The summed E-state index contributed by atoms with van der Waals surface area (Å²) in [5.74, 6) is 0.692. The average molecular weight is 342 g/mol. The highest BCUT2D eigenvalue weighted by atomic mass is 16.5. The molecule has 1 saturated heterocycles. The molecule has 2 aromatic rings. The topological polar surface area (TPSA) is 59.4 Å². The summed E-state index contributed by atoms with van der Waals surface area (Å²) in [4.78, 5) is 15.0. The molecule has 1 amide bonds. The number of amides is 1. The number of para-hydroxylation sites is 1. The maximum atomic E-state index is 12.5. The van der Waals surface area contributed by atoms with Crippen molar-refractivity contribution in [1.29, 1.82) is 0 Å². The summed E-state index contributed by atoms with van der Waals surface area (Å²) in [5.41, 5.74) is 1.21. The molecule has 25 heavy (non-hydrogen) atoms. The molecule has 1 aromatic carbocycles. The lowest BCUT2D eigenvalue weighted by Gasteiger charge is -2.20. The van der Waals surface area contributed by atoms with Gasteiger partial charge in [-0.3, -0.25) is 4.79 Å². The van der Waals surface area contributed by atoms with Gasteiger partial charge in [0, 0.05) is 13.1 Å². The molecule has 1 aliphatic heterocycles. The number of hydrogen-bond donors (Lipinski definition) is 1. The van der Waals surface area contributed by atoms with Crippen LogP contribution >= 0.6 is 0 Å². The van der Waals surface area contributed by atoms with Crippen LogP contribution in [0.5, 0.6) is 5.75 Å². The quantitative estimate of drug-likeness (QED) is 0.839. The van der Waals surface area contributed by atoms with E-state index in [9.17, 15) is 4.79 Å².